The van der Waals surface area contributed by atoms with Crippen molar-refractivity contribution in [1.82, 2.24) is 0 Å². The number of esters is 2. The first-order valence-corrected chi connectivity index (χ1v) is 6.98. The lowest BCUT2D eigenvalue weighted by molar-refractivity contribution is 0.0600. The van der Waals surface area contributed by atoms with Crippen LogP contribution in [0.25, 0.3) is 0 Å². The van der Waals surface area contributed by atoms with E-state index in [1.807, 2.05) is 0 Å². The highest BCUT2D eigenvalue weighted by molar-refractivity contribution is 7.17. The van der Waals surface area contributed by atoms with Gasteiger partial charge >= 0.3 is 11.9 Å². The van der Waals surface area contributed by atoms with Gasteiger partial charge in [-0.1, -0.05) is 11.6 Å². The summed E-state index contributed by atoms with van der Waals surface area (Å²) in [5.74, 6) is -0.583. The molecule has 21 heavy (non-hydrogen) atoms. The van der Waals surface area contributed by atoms with E-state index in [4.69, 9.17) is 21.1 Å². The zero-order chi connectivity index (χ0) is 15.4. The molecule has 0 N–H and O–H groups in total. The van der Waals surface area contributed by atoms with Crippen molar-refractivity contribution in [3.63, 3.8) is 0 Å². The monoisotopic (exact) mass is 326 g/mol. The second kappa shape index (κ2) is 6.60. The fourth-order valence-electron chi connectivity index (χ4n) is 1.57. The van der Waals surface area contributed by atoms with Gasteiger partial charge in [-0.3, -0.25) is 0 Å². The Morgan fingerprint density at radius 2 is 1.81 bits per heavy atom. The minimum Gasteiger partial charge on any atom is -0.493 e. The van der Waals surface area contributed by atoms with Crippen molar-refractivity contribution >= 4 is 34.9 Å². The van der Waals surface area contributed by atoms with Crippen molar-refractivity contribution in [2.24, 2.45) is 0 Å². The Labute approximate surface area is 130 Å². The summed E-state index contributed by atoms with van der Waals surface area (Å²) in [5.41, 5.74) is 0.299. The number of hydrogen-bond donors (Lipinski definition) is 0. The van der Waals surface area contributed by atoms with Crippen LogP contribution in [0.2, 0.25) is 4.34 Å². The van der Waals surface area contributed by atoms with Gasteiger partial charge in [0.1, 0.15) is 4.88 Å². The topological polar surface area (TPSA) is 61.8 Å². The van der Waals surface area contributed by atoms with Crippen LogP contribution in [0.3, 0.4) is 0 Å². The van der Waals surface area contributed by atoms with Gasteiger partial charge in [-0.25, -0.2) is 9.59 Å². The van der Waals surface area contributed by atoms with Gasteiger partial charge in [-0.05, 0) is 30.3 Å². The van der Waals surface area contributed by atoms with Crippen molar-refractivity contribution in [1.29, 1.82) is 0 Å². The Morgan fingerprint density at radius 1 is 1.05 bits per heavy atom. The second-order valence-corrected chi connectivity index (χ2v) is 5.57. The minimum absolute atomic E-state index is 0.208. The highest BCUT2D eigenvalue weighted by Crippen LogP contribution is 2.30. The van der Waals surface area contributed by atoms with Gasteiger partial charge in [-0.2, -0.15) is 0 Å². The van der Waals surface area contributed by atoms with E-state index in [9.17, 15) is 9.59 Å². The number of carbonyl (C=O) groups is 2. The molecular formula is C14H11ClO5S. The Morgan fingerprint density at radius 3 is 2.38 bits per heavy atom. The first-order valence-electron chi connectivity index (χ1n) is 5.79. The summed E-state index contributed by atoms with van der Waals surface area (Å²) >= 11 is 6.89. The summed E-state index contributed by atoms with van der Waals surface area (Å²) < 4.78 is 15.5. The number of carbonyl (C=O) groups excluding carboxylic acids is 2. The first-order chi connectivity index (χ1) is 10.0. The van der Waals surface area contributed by atoms with Crippen LogP contribution in [0, 0.1) is 0 Å². The van der Waals surface area contributed by atoms with Crippen molar-refractivity contribution in [3.05, 3.63) is 45.1 Å². The lowest BCUT2D eigenvalue weighted by Crippen LogP contribution is -2.08. The van der Waals surface area contributed by atoms with E-state index in [0.29, 0.717) is 14.8 Å². The molecule has 0 saturated carbocycles. The van der Waals surface area contributed by atoms with E-state index in [-0.39, 0.29) is 11.5 Å². The molecule has 7 heteroatoms. The zero-order valence-electron chi connectivity index (χ0n) is 11.2. The van der Waals surface area contributed by atoms with Gasteiger partial charge < -0.3 is 14.2 Å². The lowest BCUT2D eigenvalue weighted by Gasteiger charge is -2.09. The van der Waals surface area contributed by atoms with E-state index in [1.165, 1.54) is 32.4 Å². The summed E-state index contributed by atoms with van der Waals surface area (Å²) in [6.07, 6.45) is 0. The molecular weight excluding hydrogens is 316 g/mol. The largest absolute Gasteiger partial charge is 0.493 e. The molecule has 0 radical (unpaired) electrons. The van der Waals surface area contributed by atoms with Crippen LogP contribution < -0.4 is 9.47 Å². The molecule has 0 unspecified atom stereocenters. The molecule has 0 amide bonds. The summed E-state index contributed by atoms with van der Waals surface area (Å²) in [4.78, 5) is 23.8. The van der Waals surface area contributed by atoms with E-state index in [2.05, 4.69) is 4.74 Å². The third-order valence-corrected chi connectivity index (χ3v) is 3.77. The molecule has 0 saturated heterocycles. The molecule has 1 aromatic carbocycles. The standard InChI is InChI=1S/C14H11ClO5S/c1-18-10-7-8(13(16)19-2)3-4-9(10)20-14(17)11-5-6-12(15)21-11/h3-7H,1-2H3. The van der Waals surface area contributed by atoms with Crippen LogP contribution in [-0.4, -0.2) is 26.2 Å². The van der Waals surface area contributed by atoms with Crippen molar-refractivity contribution in [2.45, 2.75) is 0 Å². The Balaban J connectivity index is 2.23. The lowest BCUT2D eigenvalue weighted by atomic mass is 10.2. The number of halogens is 1. The van der Waals surface area contributed by atoms with Crippen LogP contribution >= 0.6 is 22.9 Å². The molecule has 1 heterocycles. The van der Waals surface area contributed by atoms with Crippen LogP contribution in [-0.2, 0) is 4.74 Å². The molecule has 0 aliphatic carbocycles. The fourth-order valence-corrected chi connectivity index (χ4v) is 2.49. The molecule has 0 spiro atoms. The van der Waals surface area contributed by atoms with E-state index in [1.54, 1.807) is 12.1 Å². The molecule has 0 fully saturated rings. The van der Waals surface area contributed by atoms with Gasteiger partial charge in [0.2, 0.25) is 0 Å². The molecule has 2 aromatic rings. The molecule has 0 aliphatic heterocycles. The second-order valence-electron chi connectivity index (χ2n) is 3.85. The quantitative estimate of drug-likeness (QED) is 0.636. The van der Waals surface area contributed by atoms with Gasteiger partial charge in [0.15, 0.2) is 11.5 Å². The van der Waals surface area contributed by atoms with Crippen LogP contribution in [0.5, 0.6) is 11.5 Å². The average molecular weight is 327 g/mol. The smallest absolute Gasteiger partial charge is 0.353 e. The Bertz CT molecular complexity index is 680. The SMILES string of the molecule is COC(=O)c1ccc(OC(=O)c2ccc(Cl)s2)c(OC)c1. The van der Waals surface area contributed by atoms with Crippen molar-refractivity contribution in [3.8, 4) is 11.5 Å². The Hall–Kier alpha value is -2.05. The molecule has 2 rings (SSSR count). The molecule has 0 aliphatic rings. The predicted octanol–water partition coefficient (Wildman–Crippen LogP) is 3.42. The molecule has 110 valence electrons. The maximum absolute atomic E-state index is 12.0. The highest BCUT2D eigenvalue weighted by Gasteiger charge is 2.16. The third kappa shape index (κ3) is 3.53. The van der Waals surface area contributed by atoms with Crippen LogP contribution in [0.1, 0.15) is 20.0 Å². The van der Waals surface area contributed by atoms with E-state index in [0.717, 1.165) is 11.3 Å². The summed E-state index contributed by atoms with van der Waals surface area (Å²) in [7, 11) is 2.69. The van der Waals surface area contributed by atoms with Crippen LogP contribution in [0.15, 0.2) is 30.3 Å². The van der Waals surface area contributed by atoms with Gasteiger partial charge in [0, 0.05) is 0 Å². The summed E-state index contributed by atoms with van der Waals surface area (Å²) in [6, 6.07) is 7.58. The number of rotatable bonds is 4. The van der Waals surface area contributed by atoms with Crippen molar-refractivity contribution in [2.75, 3.05) is 14.2 Å². The average Bonchev–Trinajstić information content (AvgIpc) is 2.93. The number of benzene rings is 1. The first kappa shape index (κ1) is 15.3. The number of methoxy groups -OCH3 is 2. The predicted molar refractivity (Wildman–Crippen MR) is 78.6 cm³/mol. The number of ether oxygens (including phenoxy) is 3. The van der Waals surface area contributed by atoms with E-state index < -0.39 is 11.9 Å². The van der Waals surface area contributed by atoms with Gasteiger partial charge in [-0.15, -0.1) is 11.3 Å². The molecule has 1 aromatic heterocycles. The van der Waals surface area contributed by atoms with Gasteiger partial charge in [0.25, 0.3) is 0 Å². The van der Waals surface area contributed by atoms with Gasteiger partial charge in [0.05, 0.1) is 24.1 Å². The Kier molecular flexibility index (Phi) is 4.82. The molecule has 0 atom stereocenters. The minimum atomic E-state index is -0.545. The zero-order valence-corrected chi connectivity index (χ0v) is 12.8. The maximum Gasteiger partial charge on any atom is 0.353 e. The van der Waals surface area contributed by atoms with E-state index >= 15 is 0 Å². The maximum atomic E-state index is 12.0. The normalized spacial score (nSPS) is 10.0. The van der Waals surface area contributed by atoms with Crippen LogP contribution in [0.4, 0.5) is 0 Å². The molecule has 5 nitrogen and oxygen atoms in total. The number of thiophene rings is 1. The summed E-state index contributed by atoms with van der Waals surface area (Å²) in [6.45, 7) is 0. The fraction of sp³-hybridized carbons (Fsp3) is 0.143. The highest BCUT2D eigenvalue weighted by atomic mass is 35.5. The number of hydrogen-bond acceptors (Lipinski definition) is 6. The van der Waals surface area contributed by atoms with Crippen molar-refractivity contribution < 1.29 is 23.8 Å². The molecule has 0 bridgehead atoms. The summed E-state index contributed by atoms with van der Waals surface area (Å²) in [5, 5.41) is 0. The third-order valence-electron chi connectivity index (χ3n) is 2.56.